The van der Waals surface area contributed by atoms with Gasteiger partial charge in [0, 0.05) is 11.3 Å². The highest BCUT2D eigenvalue weighted by atomic mass is 32.2. The molecule has 1 aromatic carbocycles. The number of thioether (sulfide) groups is 1. The fourth-order valence-electron chi connectivity index (χ4n) is 2.20. The molecule has 0 saturated carbocycles. The van der Waals surface area contributed by atoms with Crippen LogP contribution in [-0.4, -0.2) is 21.9 Å². The summed E-state index contributed by atoms with van der Waals surface area (Å²) in [5.74, 6) is 0.631. The molecule has 0 saturated heterocycles. The number of aryl methyl sites for hydroxylation is 1. The Hall–Kier alpha value is -1.66. The number of carbonyl (C=O) groups is 1. The lowest BCUT2D eigenvalue weighted by molar-refractivity contribution is 0.102. The highest BCUT2D eigenvalue weighted by molar-refractivity contribution is 8.01. The van der Waals surface area contributed by atoms with Crippen molar-refractivity contribution in [3.63, 3.8) is 0 Å². The predicted octanol–water partition coefficient (Wildman–Crippen LogP) is 5.19. The smallest absolute Gasteiger partial charge is 0.257 e. The Labute approximate surface area is 151 Å². The Bertz CT molecular complexity index is 653. The molecule has 2 rings (SSSR count). The normalized spacial score (nSPS) is 10.5. The molecule has 0 spiro atoms. The van der Waals surface area contributed by atoms with E-state index >= 15 is 0 Å². The zero-order chi connectivity index (χ0) is 17.2. The van der Waals surface area contributed by atoms with Gasteiger partial charge >= 0.3 is 0 Å². The maximum atomic E-state index is 12.3. The van der Waals surface area contributed by atoms with Gasteiger partial charge in [0.25, 0.3) is 5.91 Å². The molecular weight excluding hydrogens is 338 g/mol. The second-order valence-electron chi connectivity index (χ2n) is 5.43. The fourth-order valence-corrected chi connectivity index (χ4v) is 3.70. The summed E-state index contributed by atoms with van der Waals surface area (Å²) in [5, 5.41) is 11.3. The molecule has 128 valence electrons. The number of aromatic nitrogens is 2. The molecule has 0 fully saturated rings. The van der Waals surface area contributed by atoms with Crippen molar-refractivity contribution in [3.8, 4) is 0 Å². The zero-order valence-corrected chi connectivity index (χ0v) is 15.6. The van der Waals surface area contributed by atoms with Crippen LogP contribution in [0, 0.1) is 0 Å². The van der Waals surface area contributed by atoms with Gasteiger partial charge in [0.2, 0.25) is 5.13 Å². The van der Waals surface area contributed by atoms with E-state index in [2.05, 4.69) is 29.0 Å². The minimum Gasteiger partial charge on any atom is -0.296 e. The van der Waals surface area contributed by atoms with Crippen molar-refractivity contribution in [2.75, 3.05) is 11.1 Å². The van der Waals surface area contributed by atoms with E-state index in [-0.39, 0.29) is 5.91 Å². The van der Waals surface area contributed by atoms with E-state index in [0.717, 1.165) is 16.5 Å². The number of nitrogens with zero attached hydrogens (tertiary/aromatic N) is 2. The van der Waals surface area contributed by atoms with Gasteiger partial charge in [-0.1, -0.05) is 67.5 Å². The topological polar surface area (TPSA) is 54.9 Å². The Balaban J connectivity index is 1.85. The van der Waals surface area contributed by atoms with E-state index in [0.29, 0.717) is 10.7 Å². The van der Waals surface area contributed by atoms with E-state index in [1.807, 2.05) is 30.3 Å². The van der Waals surface area contributed by atoms with Crippen molar-refractivity contribution >= 4 is 34.1 Å². The molecule has 0 unspecified atom stereocenters. The number of unbranched alkanes of at least 4 members (excludes halogenated alkanes) is 3. The minimum absolute atomic E-state index is 0.149. The van der Waals surface area contributed by atoms with E-state index in [1.165, 1.54) is 42.6 Å². The molecule has 0 aliphatic rings. The third kappa shape index (κ3) is 6.09. The summed E-state index contributed by atoms with van der Waals surface area (Å²) >= 11 is 2.93. The number of carbonyl (C=O) groups excluding carboxylic acids is 1. The summed E-state index contributed by atoms with van der Waals surface area (Å²) in [7, 11) is 0. The Morgan fingerprint density at radius 1 is 1.25 bits per heavy atom. The fraction of sp³-hybridized carbons (Fsp3) is 0.389. The van der Waals surface area contributed by atoms with Crippen LogP contribution in [0.25, 0.3) is 0 Å². The summed E-state index contributed by atoms with van der Waals surface area (Å²) < 4.78 is 0.827. The van der Waals surface area contributed by atoms with Gasteiger partial charge in [0.15, 0.2) is 4.34 Å². The lowest BCUT2D eigenvalue weighted by atomic mass is 10.0. The van der Waals surface area contributed by atoms with Gasteiger partial charge in [-0.2, -0.15) is 0 Å². The van der Waals surface area contributed by atoms with Crippen LogP contribution in [0.15, 0.2) is 41.3 Å². The average Bonchev–Trinajstić information content (AvgIpc) is 3.04. The lowest BCUT2D eigenvalue weighted by Gasteiger charge is -2.04. The van der Waals surface area contributed by atoms with Gasteiger partial charge in [-0.3, -0.25) is 10.1 Å². The van der Waals surface area contributed by atoms with Crippen LogP contribution < -0.4 is 5.32 Å². The molecule has 1 N–H and O–H groups in total. The first kappa shape index (κ1) is 18.7. The molecule has 0 bridgehead atoms. The van der Waals surface area contributed by atoms with E-state index < -0.39 is 0 Å². The maximum Gasteiger partial charge on any atom is 0.257 e. The van der Waals surface area contributed by atoms with Crippen LogP contribution in [0.2, 0.25) is 0 Å². The molecule has 0 aliphatic heterocycles. The van der Waals surface area contributed by atoms with Gasteiger partial charge in [0.05, 0.1) is 0 Å². The van der Waals surface area contributed by atoms with Gasteiger partial charge in [-0.05, 0) is 30.5 Å². The lowest BCUT2D eigenvalue weighted by Crippen LogP contribution is -2.11. The first-order valence-corrected chi connectivity index (χ1v) is 10.0. The van der Waals surface area contributed by atoms with Crippen LogP contribution >= 0.6 is 23.1 Å². The number of amides is 1. The van der Waals surface area contributed by atoms with Gasteiger partial charge in [0.1, 0.15) is 0 Å². The number of hydrogen-bond donors (Lipinski definition) is 1. The largest absolute Gasteiger partial charge is 0.296 e. The summed E-state index contributed by atoms with van der Waals surface area (Å²) in [6, 6.07) is 7.82. The Morgan fingerprint density at radius 2 is 2.04 bits per heavy atom. The van der Waals surface area contributed by atoms with Gasteiger partial charge < -0.3 is 0 Å². The van der Waals surface area contributed by atoms with Crippen molar-refractivity contribution in [1.29, 1.82) is 0 Å². The maximum absolute atomic E-state index is 12.3. The number of hydrogen-bond acceptors (Lipinski definition) is 5. The molecule has 2 aromatic rings. The molecule has 24 heavy (non-hydrogen) atoms. The molecular formula is C18H23N3OS2. The van der Waals surface area contributed by atoms with Crippen molar-refractivity contribution in [3.05, 3.63) is 48.0 Å². The molecule has 4 nitrogen and oxygen atoms in total. The first-order valence-electron chi connectivity index (χ1n) is 8.20. The predicted molar refractivity (Wildman–Crippen MR) is 103 cm³/mol. The third-order valence-electron chi connectivity index (χ3n) is 3.49. The molecule has 0 radical (unpaired) electrons. The standard InChI is InChI=1S/C18H23N3OS2/c1-3-5-6-7-8-14-9-11-15(12-10-14)16(22)19-17-20-21-18(24-17)23-13-4-2/h4,9-12H,2-3,5-8,13H2,1H3,(H,19,20,22). The molecule has 6 heteroatoms. The summed E-state index contributed by atoms with van der Waals surface area (Å²) in [6.07, 6.45) is 7.89. The first-order chi connectivity index (χ1) is 11.7. The zero-order valence-electron chi connectivity index (χ0n) is 14.0. The monoisotopic (exact) mass is 361 g/mol. The summed E-state index contributed by atoms with van der Waals surface area (Å²) in [6.45, 7) is 5.89. The van der Waals surface area contributed by atoms with Crippen molar-refractivity contribution < 1.29 is 4.79 Å². The van der Waals surface area contributed by atoms with Crippen LogP contribution in [0.5, 0.6) is 0 Å². The SMILES string of the molecule is C=CCSc1nnc(NC(=O)c2ccc(CCCCCC)cc2)s1. The minimum atomic E-state index is -0.149. The van der Waals surface area contributed by atoms with E-state index in [9.17, 15) is 4.79 Å². The Morgan fingerprint density at radius 3 is 2.75 bits per heavy atom. The van der Waals surface area contributed by atoms with Crippen LogP contribution in [-0.2, 0) is 6.42 Å². The Kier molecular flexibility index (Phi) is 7.98. The van der Waals surface area contributed by atoms with Crippen molar-refractivity contribution in [2.45, 2.75) is 43.4 Å². The van der Waals surface area contributed by atoms with Gasteiger partial charge in [-0.15, -0.1) is 16.8 Å². The molecule has 0 atom stereocenters. The third-order valence-corrected chi connectivity index (χ3v) is 5.45. The quantitative estimate of drug-likeness (QED) is 0.274. The average molecular weight is 362 g/mol. The summed E-state index contributed by atoms with van der Waals surface area (Å²) in [4.78, 5) is 12.3. The second-order valence-corrected chi connectivity index (χ2v) is 7.68. The highest BCUT2D eigenvalue weighted by Gasteiger charge is 2.10. The van der Waals surface area contributed by atoms with Gasteiger partial charge in [-0.25, -0.2) is 0 Å². The van der Waals surface area contributed by atoms with Crippen LogP contribution in [0.1, 0.15) is 48.5 Å². The highest BCUT2D eigenvalue weighted by Crippen LogP contribution is 2.25. The van der Waals surface area contributed by atoms with Crippen LogP contribution in [0.4, 0.5) is 5.13 Å². The number of benzene rings is 1. The van der Waals surface area contributed by atoms with E-state index in [4.69, 9.17) is 0 Å². The molecule has 0 aliphatic carbocycles. The number of rotatable bonds is 10. The summed E-state index contributed by atoms with van der Waals surface area (Å²) in [5.41, 5.74) is 1.92. The molecule has 1 heterocycles. The number of nitrogens with one attached hydrogen (secondary N) is 1. The van der Waals surface area contributed by atoms with Crippen LogP contribution in [0.3, 0.4) is 0 Å². The second kappa shape index (κ2) is 10.3. The van der Waals surface area contributed by atoms with Crippen molar-refractivity contribution in [1.82, 2.24) is 10.2 Å². The van der Waals surface area contributed by atoms with Crippen molar-refractivity contribution in [2.24, 2.45) is 0 Å². The van der Waals surface area contributed by atoms with E-state index in [1.54, 1.807) is 11.8 Å². The molecule has 1 aromatic heterocycles. The molecule has 1 amide bonds. The number of anilines is 1.